The van der Waals surface area contributed by atoms with Crippen LogP contribution in [0.5, 0.6) is 0 Å². The number of thiophene rings is 1. The number of hydrogen-bond acceptors (Lipinski definition) is 2. The van der Waals surface area contributed by atoms with Gasteiger partial charge in [-0.1, -0.05) is 30.7 Å². The summed E-state index contributed by atoms with van der Waals surface area (Å²) in [6, 6.07) is 6.29. The van der Waals surface area contributed by atoms with E-state index in [0.29, 0.717) is 0 Å². The lowest BCUT2D eigenvalue weighted by atomic mass is 10.1. The SMILES string of the molecule is CCNCc1sc2c(Cl)cccc2c1C1CC1. The second-order valence-electron chi connectivity index (χ2n) is 4.61. The van der Waals surface area contributed by atoms with Crippen molar-refractivity contribution in [3.63, 3.8) is 0 Å². The zero-order valence-electron chi connectivity index (χ0n) is 9.92. The molecule has 0 spiro atoms. The van der Waals surface area contributed by atoms with Crippen LogP contribution in [0.25, 0.3) is 10.1 Å². The van der Waals surface area contributed by atoms with E-state index in [0.717, 1.165) is 24.0 Å². The zero-order chi connectivity index (χ0) is 11.8. The van der Waals surface area contributed by atoms with Crippen LogP contribution in [0, 0.1) is 0 Å². The van der Waals surface area contributed by atoms with Crippen molar-refractivity contribution in [2.24, 2.45) is 0 Å². The second-order valence-corrected chi connectivity index (χ2v) is 6.12. The summed E-state index contributed by atoms with van der Waals surface area (Å²) in [6.45, 7) is 4.15. The molecule has 0 atom stereocenters. The molecule has 0 aliphatic heterocycles. The molecule has 90 valence electrons. The van der Waals surface area contributed by atoms with Crippen molar-refractivity contribution in [1.82, 2.24) is 5.32 Å². The standard InChI is InChI=1S/C14H16ClNS/c1-2-16-8-12-13(9-6-7-9)10-4-3-5-11(15)14(10)17-12/h3-5,9,16H,2,6-8H2,1H3. The molecule has 1 nitrogen and oxygen atoms in total. The van der Waals surface area contributed by atoms with Crippen LogP contribution in [0.2, 0.25) is 5.02 Å². The van der Waals surface area contributed by atoms with Gasteiger partial charge in [-0.2, -0.15) is 0 Å². The molecule has 3 heteroatoms. The molecule has 3 rings (SSSR count). The molecule has 0 amide bonds. The summed E-state index contributed by atoms with van der Waals surface area (Å²) in [5.41, 5.74) is 1.56. The molecule has 1 aliphatic carbocycles. The lowest BCUT2D eigenvalue weighted by Crippen LogP contribution is -2.11. The molecule has 1 aromatic carbocycles. The predicted octanol–water partition coefficient (Wildman–Crippen LogP) is 4.54. The minimum absolute atomic E-state index is 0.788. The van der Waals surface area contributed by atoms with Crippen molar-refractivity contribution >= 4 is 33.0 Å². The van der Waals surface area contributed by atoms with Gasteiger partial charge in [-0.05, 0) is 42.3 Å². The fourth-order valence-electron chi connectivity index (χ4n) is 2.34. The van der Waals surface area contributed by atoms with Crippen LogP contribution in [0.1, 0.15) is 36.1 Å². The summed E-state index contributed by atoms with van der Waals surface area (Å²) in [7, 11) is 0. The Morgan fingerprint density at radius 2 is 2.24 bits per heavy atom. The molecule has 0 bridgehead atoms. The maximum atomic E-state index is 6.29. The third-order valence-corrected chi connectivity index (χ3v) is 4.99. The molecular weight excluding hydrogens is 250 g/mol. The van der Waals surface area contributed by atoms with Gasteiger partial charge in [0, 0.05) is 11.4 Å². The molecule has 1 aliphatic rings. The fraction of sp³-hybridized carbons (Fsp3) is 0.429. The van der Waals surface area contributed by atoms with E-state index in [1.807, 2.05) is 17.4 Å². The Labute approximate surface area is 111 Å². The van der Waals surface area contributed by atoms with E-state index in [2.05, 4.69) is 24.4 Å². The molecule has 1 heterocycles. The second kappa shape index (κ2) is 4.60. The highest BCUT2D eigenvalue weighted by atomic mass is 35.5. The Morgan fingerprint density at radius 1 is 1.41 bits per heavy atom. The molecule has 0 unspecified atom stereocenters. The molecule has 1 aromatic heterocycles. The third-order valence-electron chi connectivity index (χ3n) is 3.30. The Bertz CT molecular complexity index is 542. The van der Waals surface area contributed by atoms with E-state index < -0.39 is 0 Å². The smallest absolute Gasteiger partial charge is 0.0584 e. The van der Waals surface area contributed by atoms with Gasteiger partial charge in [0.05, 0.1) is 9.72 Å². The maximum absolute atomic E-state index is 6.29. The molecular formula is C14H16ClNS. The van der Waals surface area contributed by atoms with Crippen molar-refractivity contribution in [1.29, 1.82) is 0 Å². The Kier molecular flexibility index (Phi) is 3.12. The average Bonchev–Trinajstić information content (AvgIpc) is 3.09. The largest absolute Gasteiger partial charge is 0.312 e. The summed E-state index contributed by atoms with van der Waals surface area (Å²) in [6.07, 6.45) is 2.69. The topological polar surface area (TPSA) is 12.0 Å². The van der Waals surface area contributed by atoms with Crippen LogP contribution < -0.4 is 5.32 Å². The van der Waals surface area contributed by atoms with Gasteiger partial charge in [0.25, 0.3) is 0 Å². The van der Waals surface area contributed by atoms with E-state index in [1.165, 1.54) is 27.8 Å². The number of fused-ring (bicyclic) bond motifs is 1. The van der Waals surface area contributed by atoms with Gasteiger partial charge in [-0.3, -0.25) is 0 Å². The van der Waals surface area contributed by atoms with Crippen molar-refractivity contribution in [3.8, 4) is 0 Å². The van der Waals surface area contributed by atoms with Crippen molar-refractivity contribution in [3.05, 3.63) is 33.7 Å². The fourth-order valence-corrected chi connectivity index (χ4v) is 3.89. The first-order valence-electron chi connectivity index (χ1n) is 6.21. The van der Waals surface area contributed by atoms with Crippen LogP contribution in [0.15, 0.2) is 18.2 Å². The van der Waals surface area contributed by atoms with Gasteiger partial charge < -0.3 is 5.32 Å². The molecule has 2 aromatic rings. The monoisotopic (exact) mass is 265 g/mol. The summed E-state index contributed by atoms with van der Waals surface area (Å²) < 4.78 is 1.27. The minimum Gasteiger partial charge on any atom is -0.312 e. The van der Waals surface area contributed by atoms with Crippen molar-refractivity contribution in [2.75, 3.05) is 6.54 Å². The number of nitrogens with one attached hydrogen (secondary N) is 1. The first kappa shape index (κ1) is 11.5. The van der Waals surface area contributed by atoms with Gasteiger partial charge in [0.15, 0.2) is 0 Å². The van der Waals surface area contributed by atoms with E-state index >= 15 is 0 Å². The van der Waals surface area contributed by atoms with Crippen LogP contribution in [0.3, 0.4) is 0 Å². The van der Waals surface area contributed by atoms with Gasteiger partial charge in [-0.25, -0.2) is 0 Å². The minimum atomic E-state index is 0.788. The highest BCUT2D eigenvalue weighted by Crippen LogP contribution is 2.49. The normalized spacial score (nSPS) is 15.6. The maximum Gasteiger partial charge on any atom is 0.0584 e. The van der Waals surface area contributed by atoms with E-state index in [1.54, 1.807) is 5.56 Å². The highest BCUT2D eigenvalue weighted by Gasteiger charge is 2.29. The van der Waals surface area contributed by atoms with Crippen LogP contribution in [-0.2, 0) is 6.54 Å². The summed E-state index contributed by atoms with van der Waals surface area (Å²) in [5.74, 6) is 0.788. The Balaban J connectivity index is 2.12. The summed E-state index contributed by atoms with van der Waals surface area (Å²) >= 11 is 8.16. The third kappa shape index (κ3) is 2.10. The van der Waals surface area contributed by atoms with Gasteiger partial charge in [0.1, 0.15) is 0 Å². The Morgan fingerprint density at radius 3 is 2.94 bits per heavy atom. The highest BCUT2D eigenvalue weighted by molar-refractivity contribution is 7.20. The predicted molar refractivity (Wildman–Crippen MR) is 76.2 cm³/mol. The number of halogens is 1. The van der Waals surface area contributed by atoms with Gasteiger partial charge in [-0.15, -0.1) is 11.3 Å². The average molecular weight is 266 g/mol. The van der Waals surface area contributed by atoms with E-state index in [4.69, 9.17) is 11.6 Å². The number of benzene rings is 1. The molecule has 1 fully saturated rings. The van der Waals surface area contributed by atoms with Crippen LogP contribution in [0.4, 0.5) is 0 Å². The molecule has 1 saturated carbocycles. The first-order chi connectivity index (χ1) is 8.31. The quantitative estimate of drug-likeness (QED) is 0.856. The molecule has 17 heavy (non-hydrogen) atoms. The van der Waals surface area contributed by atoms with Gasteiger partial charge >= 0.3 is 0 Å². The first-order valence-corrected chi connectivity index (χ1v) is 7.41. The molecule has 0 saturated heterocycles. The number of rotatable bonds is 4. The van der Waals surface area contributed by atoms with Crippen LogP contribution >= 0.6 is 22.9 Å². The molecule has 1 N–H and O–H groups in total. The van der Waals surface area contributed by atoms with Crippen LogP contribution in [-0.4, -0.2) is 6.54 Å². The summed E-state index contributed by atoms with van der Waals surface area (Å²) in [4.78, 5) is 1.48. The van der Waals surface area contributed by atoms with Gasteiger partial charge in [0.2, 0.25) is 0 Å². The van der Waals surface area contributed by atoms with Crippen molar-refractivity contribution < 1.29 is 0 Å². The molecule has 0 radical (unpaired) electrons. The van der Waals surface area contributed by atoms with Crippen molar-refractivity contribution in [2.45, 2.75) is 32.2 Å². The summed E-state index contributed by atoms with van der Waals surface area (Å²) in [5, 5.41) is 5.72. The lowest BCUT2D eigenvalue weighted by Gasteiger charge is -2.03. The zero-order valence-corrected chi connectivity index (χ0v) is 11.5. The lowest BCUT2D eigenvalue weighted by molar-refractivity contribution is 0.730. The van der Waals surface area contributed by atoms with E-state index in [9.17, 15) is 0 Å². The Hall–Kier alpha value is -0.570. The van der Waals surface area contributed by atoms with E-state index in [-0.39, 0.29) is 0 Å². The number of hydrogen-bond donors (Lipinski definition) is 1.